The van der Waals surface area contributed by atoms with Crippen molar-refractivity contribution in [1.29, 1.82) is 0 Å². The Labute approximate surface area is 116 Å². The monoisotopic (exact) mass is 307 g/mol. The average Bonchev–Trinajstić information content (AvgIpc) is 2.58. The van der Waals surface area contributed by atoms with Crippen LogP contribution in [-0.4, -0.2) is 11.1 Å². The van der Waals surface area contributed by atoms with E-state index in [4.69, 9.17) is 34.8 Å². The van der Waals surface area contributed by atoms with Gasteiger partial charge >= 0.3 is 0 Å². The van der Waals surface area contributed by atoms with Crippen molar-refractivity contribution < 1.29 is 9.59 Å². The van der Waals surface area contributed by atoms with Gasteiger partial charge in [0.05, 0.1) is 15.0 Å². The molecule has 3 nitrogen and oxygen atoms in total. The van der Waals surface area contributed by atoms with Gasteiger partial charge in [-0.15, -0.1) is 0 Å². The number of benzene rings is 1. The highest BCUT2D eigenvalue weighted by molar-refractivity contribution is 8.18. The summed E-state index contributed by atoms with van der Waals surface area (Å²) >= 11 is 18.6. The number of rotatable bonds is 1. The Balaban J connectivity index is 2.49. The van der Waals surface area contributed by atoms with Crippen LogP contribution in [0.25, 0.3) is 6.08 Å². The molecule has 0 aromatic heterocycles. The second-order valence-corrected chi connectivity index (χ2v) is 5.32. The maximum atomic E-state index is 11.4. The van der Waals surface area contributed by atoms with Gasteiger partial charge in [-0.05, 0) is 30.0 Å². The quantitative estimate of drug-likeness (QED) is 0.631. The van der Waals surface area contributed by atoms with Gasteiger partial charge in [-0.3, -0.25) is 14.9 Å². The number of imide groups is 1. The summed E-state index contributed by atoms with van der Waals surface area (Å²) in [6.45, 7) is 0. The lowest BCUT2D eigenvalue weighted by Crippen LogP contribution is -2.17. The number of carbonyl (C=O) groups is 2. The van der Waals surface area contributed by atoms with Crippen LogP contribution in [0.2, 0.25) is 15.1 Å². The normalized spacial score (nSPS) is 17.7. The zero-order valence-corrected chi connectivity index (χ0v) is 11.2. The van der Waals surface area contributed by atoms with Crippen molar-refractivity contribution in [2.24, 2.45) is 0 Å². The van der Waals surface area contributed by atoms with E-state index in [9.17, 15) is 9.59 Å². The van der Waals surface area contributed by atoms with Crippen LogP contribution in [0.3, 0.4) is 0 Å². The summed E-state index contributed by atoms with van der Waals surface area (Å²) in [7, 11) is 0. The molecule has 0 radical (unpaired) electrons. The van der Waals surface area contributed by atoms with E-state index in [1.807, 2.05) is 0 Å². The van der Waals surface area contributed by atoms with Crippen LogP contribution in [0.5, 0.6) is 0 Å². The van der Waals surface area contributed by atoms with Gasteiger partial charge in [0.1, 0.15) is 0 Å². The minimum absolute atomic E-state index is 0.237. The van der Waals surface area contributed by atoms with Gasteiger partial charge in [0.2, 0.25) is 0 Å². The van der Waals surface area contributed by atoms with Crippen LogP contribution in [0.4, 0.5) is 4.79 Å². The molecule has 0 aliphatic carbocycles. The van der Waals surface area contributed by atoms with E-state index in [0.717, 1.165) is 11.8 Å². The fourth-order valence-electron chi connectivity index (χ4n) is 1.23. The number of hydrogen-bond donors (Lipinski definition) is 1. The highest BCUT2D eigenvalue weighted by atomic mass is 35.5. The highest BCUT2D eigenvalue weighted by Gasteiger charge is 2.25. The first-order chi connectivity index (χ1) is 7.99. The average molecular weight is 309 g/mol. The molecule has 0 saturated carbocycles. The lowest BCUT2D eigenvalue weighted by atomic mass is 10.2. The molecule has 0 spiro atoms. The molecule has 1 fully saturated rings. The van der Waals surface area contributed by atoms with Gasteiger partial charge in [-0.1, -0.05) is 34.8 Å². The zero-order valence-electron chi connectivity index (χ0n) is 8.09. The third kappa shape index (κ3) is 2.60. The van der Waals surface area contributed by atoms with E-state index in [2.05, 4.69) is 5.32 Å². The van der Waals surface area contributed by atoms with Crippen molar-refractivity contribution >= 4 is 63.8 Å². The van der Waals surface area contributed by atoms with E-state index >= 15 is 0 Å². The molecule has 0 unspecified atom stereocenters. The van der Waals surface area contributed by atoms with Crippen LogP contribution in [-0.2, 0) is 4.79 Å². The Bertz CT molecular complexity index is 557. The maximum absolute atomic E-state index is 11.4. The Kier molecular flexibility index (Phi) is 3.68. The number of nitrogens with one attached hydrogen (secondary N) is 1. The summed E-state index contributed by atoms with van der Waals surface area (Å²) in [5.74, 6) is -0.466. The number of amides is 2. The van der Waals surface area contributed by atoms with Crippen LogP contribution >= 0.6 is 46.6 Å². The minimum Gasteiger partial charge on any atom is -0.282 e. The van der Waals surface area contributed by atoms with Gasteiger partial charge in [-0.25, -0.2) is 0 Å². The fraction of sp³-hybridized carbons (Fsp3) is 0. The molecular formula is C10H4Cl3NO2S. The lowest BCUT2D eigenvalue weighted by molar-refractivity contribution is -0.115. The molecule has 1 saturated heterocycles. The van der Waals surface area contributed by atoms with Gasteiger partial charge in [-0.2, -0.15) is 0 Å². The minimum atomic E-state index is -0.466. The molecule has 1 aromatic carbocycles. The highest BCUT2D eigenvalue weighted by Crippen LogP contribution is 2.35. The molecule has 1 heterocycles. The number of carbonyl (C=O) groups excluding carboxylic acids is 2. The van der Waals surface area contributed by atoms with Crippen molar-refractivity contribution in [2.75, 3.05) is 0 Å². The van der Waals surface area contributed by atoms with Crippen molar-refractivity contribution in [3.05, 3.63) is 37.7 Å². The summed E-state index contributed by atoms with van der Waals surface area (Å²) < 4.78 is 0. The summed E-state index contributed by atoms with van der Waals surface area (Å²) in [5, 5.41) is 2.66. The van der Waals surface area contributed by atoms with Crippen LogP contribution in [0.15, 0.2) is 17.0 Å². The molecule has 1 N–H and O–H groups in total. The maximum Gasteiger partial charge on any atom is 0.290 e. The van der Waals surface area contributed by atoms with Gasteiger partial charge in [0.15, 0.2) is 0 Å². The molecule has 1 aliphatic heterocycles. The molecule has 17 heavy (non-hydrogen) atoms. The predicted molar refractivity (Wildman–Crippen MR) is 70.6 cm³/mol. The number of halogens is 3. The van der Waals surface area contributed by atoms with Crippen LogP contribution in [0.1, 0.15) is 5.56 Å². The van der Waals surface area contributed by atoms with Gasteiger partial charge in [0.25, 0.3) is 11.1 Å². The SMILES string of the molecule is O=C1NC(=O)/C(=C/c2c(Cl)ccc(Cl)c2Cl)S1. The number of thioether (sulfide) groups is 1. The second-order valence-electron chi connectivity index (χ2n) is 3.11. The first kappa shape index (κ1) is 12.8. The summed E-state index contributed by atoms with van der Waals surface area (Å²) in [6, 6.07) is 3.13. The van der Waals surface area contributed by atoms with E-state index in [1.54, 1.807) is 12.1 Å². The Morgan fingerprint density at radius 2 is 1.76 bits per heavy atom. The molecule has 0 bridgehead atoms. The van der Waals surface area contributed by atoms with Crippen LogP contribution < -0.4 is 5.32 Å². The Hall–Kier alpha value is -0.680. The Morgan fingerprint density at radius 1 is 1.12 bits per heavy atom. The Morgan fingerprint density at radius 3 is 2.35 bits per heavy atom. The van der Waals surface area contributed by atoms with Crippen molar-refractivity contribution in [3.8, 4) is 0 Å². The fourth-order valence-corrected chi connectivity index (χ4v) is 2.54. The summed E-state index contributed by atoms with van der Waals surface area (Å²) in [5.41, 5.74) is 0.424. The van der Waals surface area contributed by atoms with E-state index in [1.165, 1.54) is 6.08 Å². The van der Waals surface area contributed by atoms with E-state index < -0.39 is 11.1 Å². The predicted octanol–water partition coefficient (Wildman–Crippen LogP) is 3.97. The first-order valence-electron chi connectivity index (χ1n) is 4.37. The third-order valence-corrected chi connectivity index (χ3v) is 3.96. The van der Waals surface area contributed by atoms with Crippen molar-refractivity contribution in [3.63, 3.8) is 0 Å². The van der Waals surface area contributed by atoms with Crippen LogP contribution in [0, 0.1) is 0 Å². The smallest absolute Gasteiger partial charge is 0.282 e. The topological polar surface area (TPSA) is 46.2 Å². The standard InChI is InChI=1S/C10H4Cl3NO2S/c11-5-1-2-6(12)8(13)4(5)3-7-9(15)14-10(16)17-7/h1-3H,(H,14,15,16)/b7-3-. The molecule has 1 aliphatic rings. The van der Waals surface area contributed by atoms with Crippen molar-refractivity contribution in [1.82, 2.24) is 5.32 Å². The molecule has 2 amide bonds. The van der Waals surface area contributed by atoms with Crippen molar-refractivity contribution in [2.45, 2.75) is 0 Å². The van der Waals surface area contributed by atoms with E-state index in [0.29, 0.717) is 15.6 Å². The molecule has 88 valence electrons. The summed E-state index contributed by atoms with van der Waals surface area (Å²) in [4.78, 5) is 22.6. The molecule has 2 rings (SSSR count). The molecule has 1 aromatic rings. The second kappa shape index (κ2) is 4.90. The molecular weight excluding hydrogens is 305 g/mol. The molecule has 7 heteroatoms. The first-order valence-corrected chi connectivity index (χ1v) is 6.32. The van der Waals surface area contributed by atoms with Gasteiger partial charge in [0, 0.05) is 10.6 Å². The largest absolute Gasteiger partial charge is 0.290 e. The van der Waals surface area contributed by atoms with E-state index in [-0.39, 0.29) is 9.93 Å². The zero-order chi connectivity index (χ0) is 12.6. The van der Waals surface area contributed by atoms with Gasteiger partial charge < -0.3 is 0 Å². The lowest BCUT2D eigenvalue weighted by Gasteiger charge is -2.04. The third-order valence-electron chi connectivity index (χ3n) is 2.00. The number of hydrogen-bond acceptors (Lipinski definition) is 3. The summed E-state index contributed by atoms with van der Waals surface area (Å²) in [6.07, 6.45) is 1.45. The molecule has 0 atom stereocenters.